The summed E-state index contributed by atoms with van der Waals surface area (Å²) in [6.07, 6.45) is 0.689. The van der Waals surface area contributed by atoms with Gasteiger partial charge < -0.3 is 10.4 Å². The number of benzene rings is 2. The Morgan fingerprint density at radius 3 is 2.40 bits per heavy atom. The Labute approximate surface area is 125 Å². The third-order valence-corrected chi connectivity index (χ3v) is 3.65. The summed E-state index contributed by atoms with van der Waals surface area (Å²) in [5.74, 6) is 0. The highest BCUT2D eigenvalue weighted by Crippen LogP contribution is 2.23. The van der Waals surface area contributed by atoms with E-state index < -0.39 is 0 Å². The molecule has 0 saturated heterocycles. The average molecular weight is 290 g/mol. The molecule has 2 rings (SSSR count). The van der Waals surface area contributed by atoms with Gasteiger partial charge in [0.1, 0.15) is 0 Å². The van der Waals surface area contributed by atoms with E-state index in [1.54, 1.807) is 0 Å². The zero-order valence-corrected chi connectivity index (χ0v) is 12.3. The number of halogens is 1. The van der Waals surface area contributed by atoms with Crippen LogP contribution in [0.3, 0.4) is 0 Å². The molecule has 2 N–H and O–H groups in total. The highest BCUT2D eigenvalue weighted by molar-refractivity contribution is 6.30. The van der Waals surface area contributed by atoms with Crippen LogP contribution in [0.1, 0.15) is 36.6 Å². The predicted molar refractivity (Wildman–Crippen MR) is 83.9 cm³/mol. The van der Waals surface area contributed by atoms with E-state index >= 15 is 0 Å². The lowest BCUT2D eigenvalue weighted by Gasteiger charge is -2.23. The molecule has 0 fully saturated rings. The van der Waals surface area contributed by atoms with Crippen LogP contribution in [0.5, 0.6) is 0 Å². The van der Waals surface area contributed by atoms with Gasteiger partial charge in [-0.05, 0) is 36.6 Å². The van der Waals surface area contributed by atoms with Gasteiger partial charge >= 0.3 is 0 Å². The Balaban J connectivity index is 2.12. The van der Waals surface area contributed by atoms with Gasteiger partial charge in [0.05, 0.1) is 0 Å². The first-order valence-corrected chi connectivity index (χ1v) is 7.26. The van der Waals surface area contributed by atoms with E-state index in [9.17, 15) is 5.11 Å². The lowest BCUT2D eigenvalue weighted by Crippen LogP contribution is -2.25. The SMILES string of the molecule is CC(N[C@H](CCO)c1ccccc1)c1cccc(Cl)c1. The van der Waals surface area contributed by atoms with E-state index in [0.717, 1.165) is 10.6 Å². The van der Waals surface area contributed by atoms with Crippen molar-refractivity contribution in [1.29, 1.82) is 0 Å². The topological polar surface area (TPSA) is 32.3 Å². The summed E-state index contributed by atoms with van der Waals surface area (Å²) < 4.78 is 0. The number of rotatable bonds is 6. The molecule has 2 aromatic rings. The second-order valence-corrected chi connectivity index (χ2v) is 5.36. The highest BCUT2D eigenvalue weighted by Gasteiger charge is 2.14. The molecule has 106 valence electrons. The quantitative estimate of drug-likeness (QED) is 0.838. The standard InChI is InChI=1S/C17H20ClNO/c1-13(15-8-5-9-16(18)12-15)19-17(10-11-20)14-6-3-2-4-7-14/h2-9,12-13,17,19-20H,10-11H2,1H3/t13?,17-/m1/s1. The van der Waals surface area contributed by atoms with E-state index in [1.165, 1.54) is 5.56 Å². The van der Waals surface area contributed by atoms with Gasteiger partial charge in [-0.3, -0.25) is 0 Å². The summed E-state index contributed by atoms with van der Waals surface area (Å²) in [4.78, 5) is 0. The zero-order chi connectivity index (χ0) is 14.4. The summed E-state index contributed by atoms with van der Waals surface area (Å²) in [7, 11) is 0. The van der Waals surface area contributed by atoms with Crippen LogP contribution in [-0.4, -0.2) is 11.7 Å². The van der Waals surface area contributed by atoms with Gasteiger partial charge in [0.25, 0.3) is 0 Å². The maximum atomic E-state index is 9.26. The minimum Gasteiger partial charge on any atom is -0.396 e. The van der Waals surface area contributed by atoms with Crippen LogP contribution in [0.25, 0.3) is 0 Å². The minimum atomic E-state index is 0.134. The third-order valence-electron chi connectivity index (χ3n) is 3.42. The summed E-state index contributed by atoms with van der Waals surface area (Å²) >= 11 is 6.04. The largest absolute Gasteiger partial charge is 0.396 e. The van der Waals surface area contributed by atoms with Crippen LogP contribution in [0.2, 0.25) is 5.02 Å². The molecule has 20 heavy (non-hydrogen) atoms. The van der Waals surface area contributed by atoms with E-state index in [-0.39, 0.29) is 18.7 Å². The number of nitrogens with one attached hydrogen (secondary N) is 1. The van der Waals surface area contributed by atoms with Crippen molar-refractivity contribution in [1.82, 2.24) is 5.32 Å². The normalized spacial score (nSPS) is 13.9. The molecule has 0 aliphatic heterocycles. The third kappa shape index (κ3) is 4.07. The molecule has 0 aliphatic carbocycles. The summed E-state index contributed by atoms with van der Waals surface area (Å²) in [5.41, 5.74) is 2.34. The van der Waals surface area contributed by atoms with Crippen molar-refractivity contribution in [3.05, 3.63) is 70.7 Å². The molecule has 0 amide bonds. The van der Waals surface area contributed by atoms with Crippen molar-refractivity contribution in [3.8, 4) is 0 Å². The van der Waals surface area contributed by atoms with Crippen molar-refractivity contribution in [2.75, 3.05) is 6.61 Å². The van der Waals surface area contributed by atoms with Gasteiger partial charge in [0, 0.05) is 23.7 Å². The first-order chi connectivity index (χ1) is 9.70. The van der Waals surface area contributed by atoms with Crippen molar-refractivity contribution in [3.63, 3.8) is 0 Å². The summed E-state index contributed by atoms with van der Waals surface area (Å²) in [6, 6.07) is 18.4. The Hall–Kier alpha value is -1.35. The maximum absolute atomic E-state index is 9.26. The van der Waals surface area contributed by atoms with Gasteiger partial charge in [-0.15, -0.1) is 0 Å². The molecule has 0 heterocycles. The molecule has 0 aromatic heterocycles. The fourth-order valence-corrected chi connectivity index (χ4v) is 2.53. The molecule has 2 atom stereocenters. The predicted octanol–water partition coefficient (Wildman–Crippen LogP) is 4.11. The summed E-state index contributed by atoms with van der Waals surface area (Å²) in [5, 5.41) is 13.6. The van der Waals surface area contributed by atoms with E-state index in [0.29, 0.717) is 6.42 Å². The second-order valence-electron chi connectivity index (χ2n) is 4.92. The van der Waals surface area contributed by atoms with Crippen LogP contribution in [0, 0.1) is 0 Å². The van der Waals surface area contributed by atoms with Gasteiger partial charge in [-0.2, -0.15) is 0 Å². The molecule has 0 radical (unpaired) electrons. The Kier molecular flexibility index (Phi) is 5.60. The Morgan fingerprint density at radius 1 is 1.05 bits per heavy atom. The molecule has 1 unspecified atom stereocenters. The Morgan fingerprint density at radius 2 is 1.75 bits per heavy atom. The van der Waals surface area contributed by atoms with E-state index in [2.05, 4.69) is 30.4 Å². The highest BCUT2D eigenvalue weighted by atomic mass is 35.5. The molecule has 0 spiro atoms. The van der Waals surface area contributed by atoms with Gasteiger partial charge in [-0.1, -0.05) is 54.1 Å². The fourth-order valence-electron chi connectivity index (χ4n) is 2.33. The van der Waals surface area contributed by atoms with Gasteiger partial charge in [0.2, 0.25) is 0 Å². The minimum absolute atomic E-state index is 0.134. The fraction of sp³-hybridized carbons (Fsp3) is 0.294. The molecule has 2 aromatic carbocycles. The molecular weight excluding hydrogens is 270 g/mol. The summed E-state index contributed by atoms with van der Waals surface area (Å²) in [6.45, 7) is 2.27. The smallest absolute Gasteiger partial charge is 0.0449 e. The van der Waals surface area contributed by atoms with Crippen LogP contribution >= 0.6 is 11.6 Å². The number of hydrogen-bond acceptors (Lipinski definition) is 2. The number of aliphatic hydroxyl groups excluding tert-OH is 1. The molecule has 2 nitrogen and oxygen atoms in total. The monoisotopic (exact) mass is 289 g/mol. The van der Waals surface area contributed by atoms with E-state index in [4.69, 9.17) is 11.6 Å². The lowest BCUT2D eigenvalue weighted by atomic mass is 10.0. The molecule has 0 saturated carbocycles. The maximum Gasteiger partial charge on any atom is 0.0449 e. The van der Waals surface area contributed by atoms with Crippen molar-refractivity contribution >= 4 is 11.6 Å². The average Bonchev–Trinajstić information content (AvgIpc) is 2.47. The number of hydrogen-bond donors (Lipinski definition) is 2. The van der Waals surface area contributed by atoms with Crippen LogP contribution in [0.4, 0.5) is 0 Å². The zero-order valence-electron chi connectivity index (χ0n) is 11.6. The Bertz CT molecular complexity index is 530. The van der Waals surface area contributed by atoms with Crippen molar-refractivity contribution in [2.45, 2.75) is 25.4 Å². The van der Waals surface area contributed by atoms with E-state index in [1.807, 2.05) is 36.4 Å². The van der Waals surface area contributed by atoms with Crippen LogP contribution in [0.15, 0.2) is 54.6 Å². The lowest BCUT2D eigenvalue weighted by molar-refractivity contribution is 0.260. The molecule has 0 aliphatic rings. The van der Waals surface area contributed by atoms with Crippen molar-refractivity contribution in [2.24, 2.45) is 0 Å². The van der Waals surface area contributed by atoms with Crippen LogP contribution in [-0.2, 0) is 0 Å². The van der Waals surface area contributed by atoms with Gasteiger partial charge in [-0.25, -0.2) is 0 Å². The second kappa shape index (κ2) is 7.44. The van der Waals surface area contributed by atoms with Gasteiger partial charge in [0.15, 0.2) is 0 Å². The van der Waals surface area contributed by atoms with Crippen LogP contribution < -0.4 is 5.32 Å². The first-order valence-electron chi connectivity index (χ1n) is 6.88. The van der Waals surface area contributed by atoms with Crippen molar-refractivity contribution < 1.29 is 5.11 Å². The molecular formula is C17H20ClNO. The number of aliphatic hydroxyl groups is 1. The molecule has 0 bridgehead atoms. The first kappa shape index (κ1) is 15.0. The molecule has 3 heteroatoms.